The molecule has 0 atom stereocenters. The number of hydrogen-bond acceptors (Lipinski definition) is 12. The van der Waals surface area contributed by atoms with Crippen LogP contribution in [-0.2, 0) is 0 Å². The Morgan fingerprint density at radius 2 is 0.450 bits per heavy atom. The van der Waals surface area contributed by atoms with E-state index in [2.05, 4.69) is 52.6 Å². The summed E-state index contributed by atoms with van der Waals surface area (Å²) in [5, 5.41) is 0. The standard InChI is InChI=1S/C64H56N4O8P4/c1-9-49-29-25-37-57(45-49)69-77(73-61-41-21-17-33-53(61)13-5)65-78(70-58-38-26-30-50(10-2)46-58,74-62-42-22-18-34-54(62)14-6)67-80(72-60-40-28-32-52(12-4)48-60,76-64-44-24-20-36-56(64)16-8)68-79(66-77,71-59-39-27-31-51(11-3)47-59)75-63-43-23-19-35-55(63)15-7/h9-48H,1-8H2. The monoisotopic (exact) mass is 1130 g/mol. The van der Waals surface area contributed by atoms with Crippen LogP contribution in [0.25, 0.3) is 48.6 Å². The van der Waals surface area contributed by atoms with Gasteiger partial charge >= 0.3 is 30.6 Å². The molecule has 0 saturated heterocycles. The van der Waals surface area contributed by atoms with Gasteiger partial charge in [0.15, 0.2) is 0 Å². The van der Waals surface area contributed by atoms with Crippen LogP contribution in [0.1, 0.15) is 44.5 Å². The van der Waals surface area contributed by atoms with E-state index in [4.69, 9.17) is 54.3 Å². The summed E-state index contributed by atoms with van der Waals surface area (Å²) < 4.78 is 82.2. The van der Waals surface area contributed by atoms with Gasteiger partial charge in [-0.3, -0.25) is 0 Å². The third kappa shape index (κ3) is 13.3. The lowest BCUT2D eigenvalue weighted by atomic mass is 10.2. The highest BCUT2D eigenvalue weighted by molar-refractivity contribution is 7.79. The van der Waals surface area contributed by atoms with Gasteiger partial charge in [-0.15, -0.1) is 0 Å². The molecule has 0 radical (unpaired) electrons. The van der Waals surface area contributed by atoms with Crippen LogP contribution in [0.4, 0.5) is 0 Å². The van der Waals surface area contributed by atoms with Crippen molar-refractivity contribution >= 4 is 79.2 Å². The molecule has 0 fully saturated rings. The van der Waals surface area contributed by atoms with E-state index in [1.54, 1.807) is 170 Å². The van der Waals surface area contributed by atoms with Gasteiger partial charge < -0.3 is 36.2 Å². The highest BCUT2D eigenvalue weighted by atomic mass is 31.3. The van der Waals surface area contributed by atoms with Gasteiger partial charge in [-0.2, -0.15) is 0 Å². The van der Waals surface area contributed by atoms with Crippen molar-refractivity contribution in [1.82, 2.24) is 0 Å². The third-order valence-corrected chi connectivity index (χ3v) is 22.4. The van der Waals surface area contributed by atoms with Gasteiger partial charge in [0.1, 0.15) is 46.0 Å². The molecule has 0 aliphatic carbocycles. The molecule has 9 rings (SSSR count). The predicted molar refractivity (Wildman–Crippen MR) is 335 cm³/mol. The van der Waals surface area contributed by atoms with Crippen LogP contribution in [0, 0.1) is 0 Å². The second kappa shape index (κ2) is 25.2. The molecule has 0 spiro atoms. The topological polar surface area (TPSA) is 123 Å². The first-order valence-electron chi connectivity index (χ1n) is 24.9. The number of nitrogens with zero attached hydrogens (tertiary/aromatic N) is 4. The summed E-state index contributed by atoms with van der Waals surface area (Å²) >= 11 is 0. The molecule has 0 bridgehead atoms. The Balaban J connectivity index is 1.59. The molecule has 400 valence electrons. The summed E-state index contributed by atoms with van der Waals surface area (Å²) in [6.07, 6.45) is 13.3. The summed E-state index contributed by atoms with van der Waals surface area (Å²) in [6, 6.07) is 57.6. The Hall–Kier alpha value is -9.00. The normalized spacial score (nSPS) is 19.0. The molecule has 12 nitrogen and oxygen atoms in total. The van der Waals surface area contributed by atoms with Crippen molar-refractivity contribution < 1.29 is 36.2 Å². The molecule has 0 saturated carbocycles. The summed E-state index contributed by atoms with van der Waals surface area (Å²) in [5.41, 5.74) is 5.01. The van der Waals surface area contributed by atoms with Gasteiger partial charge in [0.25, 0.3) is 0 Å². The van der Waals surface area contributed by atoms with Gasteiger partial charge in [0.2, 0.25) is 0 Å². The summed E-state index contributed by atoms with van der Waals surface area (Å²) in [5.74, 6) is 1.95. The molecule has 0 N–H and O–H groups in total. The van der Waals surface area contributed by atoms with E-state index in [1.807, 2.05) is 72.8 Å². The summed E-state index contributed by atoms with van der Waals surface area (Å²) in [6.45, 7) is 32.8. The van der Waals surface area contributed by atoms with E-state index in [-0.39, 0.29) is 46.0 Å². The lowest BCUT2D eigenvalue weighted by Gasteiger charge is -2.33. The first-order valence-corrected chi connectivity index (χ1v) is 31.0. The fraction of sp³-hybridized carbons (Fsp3) is 0. The molecule has 1 aliphatic heterocycles. The van der Waals surface area contributed by atoms with E-state index in [0.717, 1.165) is 0 Å². The van der Waals surface area contributed by atoms with Crippen molar-refractivity contribution in [3.8, 4) is 46.0 Å². The van der Waals surface area contributed by atoms with Gasteiger partial charge in [-0.25, -0.2) is 0 Å². The van der Waals surface area contributed by atoms with E-state index < -0.39 is 30.6 Å². The minimum atomic E-state index is -4.74. The lowest BCUT2D eigenvalue weighted by molar-refractivity contribution is 0.443. The van der Waals surface area contributed by atoms with Crippen molar-refractivity contribution in [2.24, 2.45) is 18.1 Å². The van der Waals surface area contributed by atoms with E-state index in [9.17, 15) is 0 Å². The second-order valence-electron chi connectivity index (χ2n) is 17.1. The molecule has 1 heterocycles. The molecule has 8 aromatic rings. The zero-order valence-electron chi connectivity index (χ0n) is 43.6. The Morgan fingerprint density at radius 3 is 0.650 bits per heavy atom. The smallest absolute Gasteiger partial charge is 0.413 e. The van der Waals surface area contributed by atoms with Crippen LogP contribution in [0.2, 0.25) is 0 Å². The average molecular weight is 1130 g/mol. The Labute approximate surface area is 468 Å². The Morgan fingerprint density at radius 1 is 0.237 bits per heavy atom. The molecule has 1 aliphatic rings. The van der Waals surface area contributed by atoms with Crippen molar-refractivity contribution in [2.75, 3.05) is 0 Å². The fourth-order valence-electron chi connectivity index (χ4n) is 7.79. The van der Waals surface area contributed by atoms with Gasteiger partial charge in [0, 0.05) is 22.3 Å². The lowest BCUT2D eigenvalue weighted by Crippen LogP contribution is -2.12. The Bertz CT molecular complexity index is 3430. The van der Waals surface area contributed by atoms with Gasteiger partial charge in [-0.05, 0) is 95.1 Å². The number of benzene rings is 8. The van der Waals surface area contributed by atoms with Crippen molar-refractivity contribution in [2.45, 2.75) is 0 Å². The highest BCUT2D eigenvalue weighted by Crippen LogP contribution is 2.79. The van der Waals surface area contributed by atoms with Crippen LogP contribution >= 0.6 is 30.6 Å². The van der Waals surface area contributed by atoms with Gasteiger partial charge in [-0.1, -0.05) is 241 Å². The van der Waals surface area contributed by atoms with Crippen LogP contribution in [0.3, 0.4) is 0 Å². The van der Waals surface area contributed by atoms with Crippen LogP contribution in [0.5, 0.6) is 46.0 Å². The van der Waals surface area contributed by atoms with E-state index in [0.29, 0.717) is 44.5 Å². The first kappa shape index (κ1) is 55.7. The minimum Gasteiger partial charge on any atom is -0.413 e. The predicted octanol–water partition coefficient (Wildman–Crippen LogP) is 21.6. The maximum absolute atomic E-state index is 7.42. The van der Waals surface area contributed by atoms with E-state index >= 15 is 0 Å². The van der Waals surface area contributed by atoms with E-state index in [1.165, 1.54) is 0 Å². The Kier molecular flexibility index (Phi) is 17.6. The molecule has 0 aromatic heterocycles. The highest BCUT2D eigenvalue weighted by Gasteiger charge is 2.50. The largest absolute Gasteiger partial charge is 0.460 e. The van der Waals surface area contributed by atoms with Gasteiger partial charge in [0.05, 0.1) is 0 Å². The maximum Gasteiger partial charge on any atom is 0.460 e. The first-order chi connectivity index (χ1) is 39.0. The van der Waals surface area contributed by atoms with Crippen LogP contribution in [-0.4, -0.2) is 0 Å². The summed E-state index contributed by atoms with van der Waals surface area (Å²) in [7, 11) is -18.9. The second-order valence-corrected chi connectivity index (χ2v) is 25.4. The maximum atomic E-state index is 7.42. The zero-order valence-corrected chi connectivity index (χ0v) is 47.2. The molecule has 16 heteroatoms. The molecular weight excluding hydrogens is 1080 g/mol. The number of hydrogen-bond donors (Lipinski definition) is 0. The SMILES string of the molecule is C=Cc1cccc(OP2(Oc3ccccc3C=C)=NP(Oc3cccc(C=C)c3)(Oc3ccccc3C=C)=NP(Oc3cccc(C=C)c3)(Oc3ccccc3C=C)=NP(Oc3cccc(C=C)c3)(Oc3ccccc3C=C)=N2)c1. The number of para-hydroxylation sites is 4. The van der Waals surface area contributed by atoms with Crippen molar-refractivity contribution in [3.05, 3.63) is 291 Å². The van der Waals surface area contributed by atoms with Crippen molar-refractivity contribution in [1.29, 1.82) is 0 Å². The fourth-order valence-corrected chi connectivity index (χ4v) is 20.0. The third-order valence-electron chi connectivity index (χ3n) is 11.6. The zero-order chi connectivity index (χ0) is 56.0. The van der Waals surface area contributed by atoms with Crippen LogP contribution < -0.4 is 36.2 Å². The molecular formula is C64H56N4O8P4. The molecule has 8 aromatic carbocycles. The molecule has 0 unspecified atom stereocenters. The number of rotatable bonds is 24. The average Bonchev–Trinajstić information content (AvgIpc) is 3.66. The van der Waals surface area contributed by atoms with Crippen LogP contribution in [0.15, 0.2) is 265 Å². The quantitative estimate of drug-likeness (QED) is 0.0548. The molecule has 0 amide bonds. The minimum absolute atomic E-state index is 0.242. The summed E-state index contributed by atoms with van der Waals surface area (Å²) in [4.78, 5) is 0. The van der Waals surface area contributed by atoms with Crippen molar-refractivity contribution in [3.63, 3.8) is 0 Å². The molecule has 80 heavy (non-hydrogen) atoms.